The molecule has 0 radical (unpaired) electrons. The minimum Gasteiger partial charge on any atom is -0.497 e. The van der Waals surface area contributed by atoms with Crippen LogP contribution in [0.3, 0.4) is 0 Å². The van der Waals surface area contributed by atoms with Gasteiger partial charge >= 0.3 is 0 Å². The maximum absolute atomic E-state index is 11.8. The number of benzene rings is 2. The van der Waals surface area contributed by atoms with Crippen LogP contribution in [0.15, 0.2) is 59.5 Å². The van der Waals surface area contributed by atoms with Gasteiger partial charge in [-0.05, 0) is 36.2 Å². The molecule has 0 fully saturated rings. The first-order valence-electron chi connectivity index (χ1n) is 6.16. The van der Waals surface area contributed by atoms with Crippen LogP contribution in [0.4, 0.5) is 0 Å². The minimum atomic E-state index is 0.196. The van der Waals surface area contributed by atoms with Gasteiger partial charge in [-0.1, -0.05) is 42.1 Å². The summed E-state index contributed by atoms with van der Waals surface area (Å²) in [5.74, 6) is 0.841. The van der Waals surface area contributed by atoms with Crippen LogP contribution >= 0.6 is 11.8 Å². The highest BCUT2D eigenvalue weighted by molar-refractivity contribution is 8.13. The third kappa shape index (κ3) is 4.45. The molecule has 0 saturated heterocycles. The molecule has 98 valence electrons. The van der Waals surface area contributed by atoms with Crippen LogP contribution in [0.25, 0.3) is 0 Å². The predicted molar refractivity (Wildman–Crippen MR) is 78.6 cm³/mol. The Hall–Kier alpha value is -1.74. The van der Waals surface area contributed by atoms with Crippen LogP contribution in [0.2, 0.25) is 0 Å². The van der Waals surface area contributed by atoms with Crippen molar-refractivity contribution in [3.05, 3.63) is 60.2 Å². The van der Waals surface area contributed by atoms with Crippen LogP contribution in [-0.2, 0) is 11.2 Å². The fourth-order valence-electron chi connectivity index (χ4n) is 1.71. The maximum Gasteiger partial charge on any atom is 0.194 e. The van der Waals surface area contributed by atoms with Gasteiger partial charge in [0.15, 0.2) is 5.12 Å². The van der Waals surface area contributed by atoms with Gasteiger partial charge in [0.2, 0.25) is 0 Å². The van der Waals surface area contributed by atoms with Crippen molar-refractivity contribution in [2.75, 3.05) is 7.11 Å². The highest BCUT2D eigenvalue weighted by atomic mass is 32.2. The topological polar surface area (TPSA) is 26.3 Å². The minimum absolute atomic E-state index is 0.196. The molecule has 0 N–H and O–H groups in total. The van der Waals surface area contributed by atoms with Gasteiger partial charge in [-0.3, -0.25) is 4.79 Å². The standard InChI is InChI=1S/C16H16O2S/c1-18-14-10-7-13(8-11-14)9-12-16(17)19-15-5-3-2-4-6-15/h2-8,10-11H,9,12H2,1H3. The van der Waals surface area contributed by atoms with E-state index < -0.39 is 0 Å². The second-order valence-electron chi connectivity index (χ2n) is 4.14. The lowest BCUT2D eigenvalue weighted by Gasteiger charge is -2.03. The second-order valence-corrected chi connectivity index (χ2v) is 5.27. The van der Waals surface area contributed by atoms with Gasteiger partial charge in [0.25, 0.3) is 0 Å². The van der Waals surface area contributed by atoms with E-state index in [0.29, 0.717) is 6.42 Å². The van der Waals surface area contributed by atoms with Gasteiger partial charge in [0.1, 0.15) is 5.75 Å². The zero-order valence-electron chi connectivity index (χ0n) is 10.8. The fourth-order valence-corrected chi connectivity index (χ4v) is 2.47. The molecule has 2 aromatic rings. The molecule has 0 aliphatic heterocycles. The van der Waals surface area contributed by atoms with Crippen LogP contribution in [0.5, 0.6) is 5.75 Å². The summed E-state index contributed by atoms with van der Waals surface area (Å²) in [6, 6.07) is 17.6. The molecule has 0 aromatic heterocycles. The van der Waals surface area contributed by atoms with Crippen molar-refractivity contribution < 1.29 is 9.53 Å². The molecule has 2 aromatic carbocycles. The fraction of sp³-hybridized carbons (Fsp3) is 0.188. The highest BCUT2D eigenvalue weighted by Gasteiger charge is 2.05. The van der Waals surface area contributed by atoms with E-state index in [-0.39, 0.29) is 5.12 Å². The SMILES string of the molecule is COc1ccc(CCC(=O)Sc2ccccc2)cc1. The van der Waals surface area contributed by atoms with Crippen molar-refractivity contribution in [2.24, 2.45) is 0 Å². The van der Waals surface area contributed by atoms with E-state index in [0.717, 1.165) is 22.6 Å². The number of rotatable bonds is 5. The monoisotopic (exact) mass is 272 g/mol. The van der Waals surface area contributed by atoms with Gasteiger partial charge in [-0.25, -0.2) is 0 Å². The zero-order valence-corrected chi connectivity index (χ0v) is 11.7. The quantitative estimate of drug-likeness (QED) is 0.771. The average molecular weight is 272 g/mol. The van der Waals surface area contributed by atoms with E-state index >= 15 is 0 Å². The Labute approximate surface area is 117 Å². The summed E-state index contributed by atoms with van der Waals surface area (Å²) in [5.41, 5.74) is 1.16. The van der Waals surface area contributed by atoms with E-state index in [1.54, 1.807) is 7.11 Å². The molecular formula is C16H16O2S. The number of carbonyl (C=O) groups is 1. The number of carbonyl (C=O) groups excluding carboxylic acids is 1. The van der Waals surface area contributed by atoms with E-state index in [2.05, 4.69) is 0 Å². The number of ether oxygens (including phenoxy) is 1. The Bertz CT molecular complexity index is 520. The molecule has 0 saturated carbocycles. The number of aryl methyl sites for hydroxylation is 1. The van der Waals surface area contributed by atoms with Gasteiger partial charge in [0.05, 0.1) is 7.11 Å². The highest BCUT2D eigenvalue weighted by Crippen LogP contribution is 2.21. The third-order valence-corrected chi connectivity index (χ3v) is 3.69. The molecule has 0 amide bonds. The van der Waals surface area contributed by atoms with E-state index in [1.807, 2.05) is 54.6 Å². The Morgan fingerprint density at radius 2 is 1.74 bits per heavy atom. The predicted octanol–water partition coefficient (Wildman–Crippen LogP) is 3.95. The molecule has 0 spiro atoms. The molecule has 3 heteroatoms. The Morgan fingerprint density at radius 3 is 2.37 bits per heavy atom. The smallest absolute Gasteiger partial charge is 0.194 e. The summed E-state index contributed by atoms with van der Waals surface area (Å²) >= 11 is 1.31. The Kier molecular flexibility index (Phi) is 5.04. The van der Waals surface area contributed by atoms with E-state index in [1.165, 1.54) is 11.8 Å². The maximum atomic E-state index is 11.8. The number of hydrogen-bond donors (Lipinski definition) is 0. The molecule has 0 heterocycles. The van der Waals surface area contributed by atoms with Gasteiger partial charge in [-0.2, -0.15) is 0 Å². The van der Waals surface area contributed by atoms with Crippen LogP contribution in [-0.4, -0.2) is 12.2 Å². The number of thioether (sulfide) groups is 1. The summed E-state index contributed by atoms with van der Waals surface area (Å²) in [6.07, 6.45) is 1.31. The van der Waals surface area contributed by atoms with Gasteiger partial charge in [-0.15, -0.1) is 0 Å². The number of hydrogen-bond acceptors (Lipinski definition) is 3. The first-order valence-corrected chi connectivity index (χ1v) is 6.98. The lowest BCUT2D eigenvalue weighted by molar-refractivity contribution is -0.110. The molecule has 0 bridgehead atoms. The largest absolute Gasteiger partial charge is 0.497 e. The normalized spacial score (nSPS) is 10.2. The van der Waals surface area contributed by atoms with Crippen molar-refractivity contribution in [3.8, 4) is 5.75 Å². The average Bonchev–Trinajstić information content (AvgIpc) is 2.47. The van der Waals surface area contributed by atoms with Crippen molar-refractivity contribution in [2.45, 2.75) is 17.7 Å². The second kappa shape index (κ2) is 7.00. The molecule has 0 aliphatic carbocycles. The lowest BCUT2D eigenvalue weighted by atomic mass is 10.1. The zero-order chi connectivity index (χ0) is 13.5. The molecular weight excluding hydrogens is 256 g/mol. The summed E-state index contributed by atoms with van der Waals surface area (Å²) in [6.45, 7) is 0. The summed E-state index contributed by atoms with van der Waals surface area (Å²) in [7, 11) is 1.65. The molecule has 0 atom stereocenters. The Morgan fingerprint density at radius 1 is 1.05 bits per heavy atom. The van der Waals surface area contributed by atoms with Gasteiger partial charge < -0.3 is 4.74 Å². The molecule has 2 rings (SSSR count). The first-order chi connectivity index (χ1) is 9.28. The molecule has 2 nitrogen and oxygen atoms in total. The molecule has 0 unspecified atom stereocenters. The summed E-state index contributed by atoms with van der Waals surface area (Å²) in [5, 5.41) is 0.196. The number of methoxy groups -OCH3 is 1. The van der Waals surface area contributed by atoms with Crippen molar-refractivity contribution in [1.29, 1.82) is 0 Å². The third-order valence-electron chi connectivity index (χ3n) is 2.75. The van der Waals surface area contributed by atoms with E-state index in [9.17, 15) is 4.79 Å². The lowest BCUT2D eigenvalue weighted by Crippen LogP contribution is -1.95. The molecule has 0 aliphatic rings. The molecule has 19 heavy (non-hydrogen) atoms. The van der Waals surface area contributed by atoms with Crippen molar-refractivity contribution >= 4 is 16.9 Å². The van der Waals surface area contributed by atoms with Gasteiger partial charge in [0, 0.05) is 11.3 Å². The summed E-state index contributed by atoms with van der Waals surface area (Å²) < 4.78 is 5.10. The van der Waals surface area contributed by atoms with Crippen LogP contribution in [0, 0.1) is 0 Å². The summed E-state index contributed by atoms with van der Waals surface area (Å²) in [4.78, 5) is 12.8. The first kappa shape index (κ1) is 13.7. The van der Waals surface area contributed by atoms with E-state index in [4.69, 9.17) is 4.74 Å². The van der Waals surface area contributed by atoms with Crippen LogP contribution < -0.4 is 4.74 Å². The van der Waals surface area contributed by atoms with Crippen LogP contribution in [0.1, 0.15) is 12.0 Å². The van der Waals surface area contributed by atoms with Crippen molar-refractivity contribution in [3.63, 3.8) is 0 Å². The Balaban J connectivity index is 1.83. The van der Waals surface area contributed by atoms with Crippen molar-refractivity contribution in [1.82, 2.24) is 0 Å².